The molecule has 12 heavy (non-hydrogen) atoms. The monoisotopic (exact) mass is 197 g/mol. The van der Waals surface area contributed by atoms with E-state index in [9.17, 15) is 0 Å². The summed E-state index contributed by atoms with van der Waals surface area (Å²) >= 11 is 6.72. The van der Waals surface area contributed by atoms with E-state index in [4.69, 9.17) is 12.2 Å². The summed E-state index contributed by atoms with van der Waals surface area (Å²) in [4.78, 5) is 0. The van der Waals surface area contributed by atoms with Crippen molar-refractivity contribution in [3.63, 3.8) is 0 Å². The second kappa shape index (κ2) is 2.84. The van der Waals surface area contributed by atoms with Gasteiger partial charge in [-0.15, -0.1) is 0 Å². The van der Waals surface area contributed by atoms with Gasteiger partial charge in [-0.25, -0.2) is 0 Å². The van der Waals surface area contributed by atoms with Gasteiger partial charge in [-0.2, -0.15) is 16.4 Å². The van der Waals surface area contributed by atoms with Crippen molar-refractivity contribution in [2.24, 2.45) is 0 Å². The van der Waals surface area contributed by atoms with Crippen molar-refractivity contribution in [1.82, 2.24) is 14.8 Å². The molecule has 0 amide bonds. The quantitative estimate of drug-likeness (QED) is 0.712. The molecule has 3 nitrogen and oxygen atoms in total. The molecule has 0 aromatic carbocycles. The van der Waals surface area contributed by atoms with E-state index in [1.54, 1.807) is 11.3 Å². The van der Waals surface area contributed by atoms with E-state index < -0.39 is 0 Å². The van der Waals surface area contributed by atoms with Crippen LogP contribution in [0, 0.1) is 11.7 Å². The van der Waals surface area contributed by atoms with Crippen molar-refractivity contribution in [2.75, 3.05) is 0 Å². The van der Waals surface area contributed by atoms with Gasteiger partial charge in [0.2, 0.25) is 0 Å². The van der Waals surface area contributed by atoms with Crippen LogP contribution in [0.2, 0.25) is 0 Å². The maximum absolute atomic E-state index is 5.07. The van der Waals surface area contributed by atoms with Gasteiger partial charge in [0.25, 0.3) is 0 Å². The van der Waals surface area contributed by atoms with E-state index in [-0.39, 0.29) is 0 Å². The van der Waals surface area contributed by atoms with Crippen LogP contribution < -0.4 is 0 Å². The molecule has 0 radical (unpaired) electrons. The molecule has 1 N–H and O–H groups in total. The van der Waals surface area contributed by atoms with Crippen molar-refractivity contribution >= 4 is 23.6 Å². The zero-order valence-corrected chi connectivity index (χ0v) is 8.08. The molecule has 2 aromatic rings. The Hall–Kier alpha value is -0.940. The van der Waals surface area contributed by atoms with Crippen LogP contribution in [0.25, 0.3) is 5.69 Å². The SMILES string of the molecule is Cc1n[nH]c(=S)n1-c1ccsc1. The van der Waals surface area contributed by atoms with Crippen molar-refractivity contribution in [1.29, 1.82) is 0 Å². The van der Waals surface area contributed by atoms with Crippen LogP contribution in [0.15, 0.2) is 16.8 Å². The molecule has 0 unspecified atom stereocenters. The van der Waals surface area contributed by atoms with E-state index in [0.29, 0.717) is 4.77 Å². The van der Waals surface area contributed by atoms with Gasteiger partial charge in [0.15, 0.2) is 4.77 Å². The maximum atomic E-state index is 5.07. The van der Waals surface area contributed by atoms with Crippen LogP contribution in [-0.2, 0) is 0 Å². The average Bonchev–Trinajstić information content (AvgIpc) is 2.61. The van der Waals surface area contributed by atoms with Gasteiger partial charge in [-0.05, 0) is 30.6 Å². The van der Waals surface area contributed by atoms with Crippen LogP contribution in [-0.4, -0.2) is 14.8 Å². The lowest BCUT2D eigenvalue weighted by atomic mass is 10.5. The van der Waals surface area contributed by atoms with Crippen LogP contribution in [0.4, 0.5) is 0 Å². The molecule has 0 aliphatic rings. The Balaban J connectivity index is 2.68. The summed E-state index contributed by atoms with van der Waals surface area (Å²) in [6, 6.07) is 2.02. The highest BCUT2D eigenvalue weighted by atomic mass is 32.1. The lowest BCUT2D eigenvalue weighted by Gasteiger charge is -1.97. The Morgan fingerprint density at radius 2 is 2.50 bits per heavy atom. The average molecular weight is 197 g/mol. The van der Waals surface area contributed by atoms with Crippen molar-refractivity contribution in [3.8, 4) is 5.69 Å². The zero-order chi connectivity index (χ0) is 8.55. The van der Waals surface area contributed by atoms with E-state index >= 15 is 0 Å². The maximum Gasteiger partial charge on any atom is 0.199 e. The first kappa shape index (κ1) is 7.70. The number of hydrogen-bond acceptors (Lipinski definition) is 3. The van der Waals surface area contributed by atoms with E-state index in [1.165, 1.54) is 0 Å². The minimum atomic E-state index is 0.644. The first-order valence-corrected chi connectivity index (χ1v) is 4.81. The Morgan fingerprint density at radius 1 is 1.67 bits per heavy atom. The molecule has 0 bridgehead atoms. The van der Waals surface area contributed by atoms with Crippen molar-refractivity contribution in [3.05, 3.63) is 27.4 Å². The number of aromatic amines is 1. The molecule has 5 heteroatoms. The molecular weight excluding hydrogens is 190 g/mol. The molecule has 0 spiro atoms. The fourth-order valence-electron chi connectivity index (χ4n) is 1.06. The number of aryl methyl sites for hydroxylation is 1. The lowest BCUT2D eigenvalue weighted by molar-refractivity contribution is 0.968. The summed E-state index contributed by atoms with van der Waals surface area (Å²) < 4.78 is 2.55. The molecule has 0 aliphatic carbocycles. The third kappa shape index (κ3) is 1.11. The lowest BCUT2D eigenvalue weighted by Crippen LogP contribution is -1.94. The Labute approximate surface area is 78.7 Å². The smallest absolute Gasteiger partial charge is 0.199 e. The number of H-pyrrole nitrogens is 1. The highest BCUT2D eigenvalue weighted by Gasteiger charge is 2.02. The number of nitrogens with one attached hydrogen (secondary N) is 1. The van der Waals surface area contributed by atoms with Gasteiger partial charge in [0.1, 0.15) is 5.82 Å². The second-order valence-electron chi connectivity index (χ2n) is 2.39. The first-order valence-electron chi connectivity index (χ1n) is 3.45. The molecule has 0 saturated heterocycles. The molecule has 0 fully saturated rings. The predicted octanol–water partition coefficient (Wildman–Crippen LogP) is 2.30. The van der Waals surface area contributed by atoms with Gasteiger partial charge in [-0.3, -0.25) is 9.67 Å². The van der Waals surface area contributed by atoms with Gasteiger partial charge in [-0.1, -0.05) is 0 Å². The summed E-state index contributed by atoms with van der Waals surface area (Å²) in [5, 5.41) is 10.8. The van der Waals surface area contributed by atoms with Crippen LogP contribution in [0.3, 0.4) is 0 Å². The van der Waals surface area contributed by atoms with Crippen molar-refractivity contribution < 1.29 is 0 Å². The molecule has 2 aromatic heterocycles. The normalized spacial score (nSPS) is 10.4. The van der Waals surface area contributed by atoms with Crippen LogP contribution in [0.5, 0.6) is 0 Å². The fourth-order valence-corrected chi connectivity index (χ4v) is 1.97. The summed E-state index contributed by atoms with van der Waals surface area (Å²) in [6.07, 6.45) is 0. The summed E-state index contributed by atoms with van der Waals surface area (Å²) in [5.74, 6) is 0.887. The van der Waals surface area contributed by atoms with Gasteiger partial charge >= 0.3 is 0 Å². The topological polar surface area (TPSA) is 33.6 Å². The third-order valence-electron chi connectivity index (χ3n) is 1.60. The van der Waals surface area contributed by atoms with E-state index in [0.717, 1.165) is 11.5 Å². The fraction of sp³-hybridized carbons (Fsp3) is 0.143. The molecule has 2 heterocycles. The number of nitrogens with zero attached hydrogens (tertiary/aromatic N) is 2. The zero-order valence-electron chi connectivity index (χ0n) is 6.44. The molecule has 0 saturated carbocycles. The number of thiophene rings is 1. The third-order valence-corrected chi connectivity index (χ3v) is 2.55. The van der Waals surface area contributed by atoms with Crippen molar-refractivity contribution in [2.45, 2.75) is 6.92 Å². The van der Waals surface area contributed by atoms with Crippen LogP contribution >= 0.6 is 23.6 Å². The molecule has 2 rings (SSSR count). The van der Waals surface area contributed by atoms with Gasteiger partial charge < -0.3 is 0 Å². The molecular formula is C7H7N3S2. The van der Waals surface area contributed by atoms with Crippen LogP contribution in [0.1, 0.15) is 5.82 Å². The highest BCUT2D eigenvalue weighted by Crippen LogP contribution is 2.13. The largest absolute Gasteiger partial charge is 0.272 e. The minimum Gasteiger partial charge on any atom is -0.272 e. The highest BCUT2D eigenvalue weighted by molar-refractivity contribution is 7.71. The van der Waals surface area contributed by atoms with Gasteiger partial charge in [0, 0.05) is 5.38 Å². The molecule has 62 valence electrons. The van der Waals surface area contributed by atoms with Gasteiger partial charge in [0.05, 0.1) is 5.69 Å². The standard InChI is InChI=1S/C7H7N3S2/c1-5-8-9-7(11)10(5)6-2-3-12-4-6/h2-4H,1H3,(H,9,11). The summed E-state index contributed by atoms with van der Waals surface area (Å²) in [6.45, 7) is 1.92. The molecule has 0 aliphatic heterocycles. The van der Waals surface area contributed by atoms with E-state index in [1.807, 2.05) is 28.3 Å². The first-order chi connectivity index (χ1) is 5.79. The van der Waals surface area contributed by atoms with E-state index in [2.05, 4.69) is 10.2 Å². The summed E-state index contributed by atoms with van der Waals surface area (Å²) in [7, 11) is 0. The Kier molecular flexibility index (Phi) is 1.82. The predicted molar refractivity (Wildman–Crippen MR) is 51.4 cm³/mol. The number of rotatable bonds is 1. The molecule has 0 atom stereocenters. The number of hydrogen-bond donors (Lipinski definition) is 1. The Morgan fingerprint density at radius 3 is 3.00 bits per heavy atom. The Bertz CT molecular complexity index is 424. The second-order valence-corrected chi connectivity index (χ2v) is 3.56. The summed E-state index contributed by atoms with van der Waals surface area (Å²) in [5.41, 5.74) is 1.08. The minimum absolute atomic E-state index is 0.644. The number of aromatic nitrogens is 3.